The first-order valence-electron chi connectivity index (χ1n) is 6.92. The summed E-state index contributed by atoms with van der Waals surface area (Å²) in [6.07, 6.45) is 3.52. The van der Waals surface area contributed by atoms with Crippen molar-refractivity contribution in [2.45, 2.75) is 19.8 Å². The summed E-state index contributed by atoms with van der Waals surface area (Å²) in [6.45, 7) is 5.46. The highest BCUT2D eigenvalue weighted by Gasteiger charge is 2.28. The van der Waals surface area contributed by atoms with Crippen molar-refractivity contribution < 1.29 is 9.32 Å². The largest absolute Gasteiger partial charge is 0.324 e. The summed E-state index contributed by atoms with van der Waals surface area (Å²) in [7, 11) is 1.83. The van der Waals surface area contributed by atoms with Gasteiger partial charge in [-0.2, -0.15) is 10.1 Å². The van der Waals surface area contributed by atoms with Gasteiger partial charge in [0.2, 0.25) is 5.91 Å². The van der Waals surface area contributed by atoms with E-state index < -0.39 is 0 Å². The van der Waals surface area contributed by atoms with Gasteiger partial charge in [0.05, 0.1) is 11.9 Å². The summed E-state index contributed by atoms with van der Waals surface area (Å²) in [5.41, 5.74) is 0.815. The second kappa shape index (κ2) is 5.19. The van der Waals surface area contributed by atoms with E-state index in [-0.39, 0.29) is 18.4 Å². The smallest absolute Gasteiger partial charge is 0.315 e. The van der Waals surface area contributed by atoms with Gasteiger partial charge in [0, 0.05) is 32.3 Å². The standard InChI is InChI=1S/C13H18N6O2/c1-9(2)12-15-13(21-16-12)18-4-5-19(11(20)8-18)10-6-14-17(3)7-10/h6-7,9H,4-5,8H2,1-3H3. The maximum Gasteiger partial charge on any atom is 0.324 e. The lowest BCUT2D eigenvalue weighted by Crippen LogP contribution is -2.50. The lowest BCUT2D eigenvalue weighted by molar-refractivity contribution is -0.118. The van der Waals surface area contributed by atoms with Gasteiger partial charge in [-0.15, -0.1) is 0 Å². The molecule has 1 amide bonds. The summed E-state index contributed by atoms with van der Waals surface area (Å²) < 4.78 is 6.92. The molecule has 0 atom stereocenters. The van der Waals surface area contributed by atoms with Gasteiger partial charge in [0.1, 0.15) is 6.54 Å². The van der Waals surface area contributed by atoms with Crippen molar-refractivity contribution in [3.05, 3.63) is 18.2 Å². The number of carbonyl (C=O) groups excluding carboxylic acids is 1. The van der Waals surface area contributed by atoms with Crippen LogP contribution in [-0.2, 0) is 11.8 Å². The predicted molar refractivity (Wildman–Crippen MR) is 76.2 cm³/mol. The fraction of sp³-hybridized carbons (Fsp3) is 0.538. The van der Waals surface area contributed by atoms with Crippen molar-refractivity contribution in [1.29, 1.82) is 0 Å². The minimum Gasteiger partial charge on any atom is -0.315 e. The molecule has 1 fully saturated rings. The minimum absolute atomic E-state index is 0.00135. The lowest BCUT2D eigenvalue weighted by Gasteiger charge is -2.32. The molecule has 1 saturated heterocycles. The van der Waals surface area contributed by atoms with Crippen LogP contribution in [0.2, 0.25) is 0 Å². The molecule has 1 aliphatic heterocycles. The number of nitrogens with zero attached hydrogens (tertiary/aromatic N) is 6. The summed E-state index contributed by atoms with van der Waals surface area (Å²) in [6, 6.07) is 0.415. The Morgan fingerprint density at radius 1 is 1.33 bits per heavy atom. The first-order valence-corrected chi connectivity index (χ1v) is 6.92. The molecule has 112 valence electrons. The highest BCUT2D eigenvalue weighted by molar-refractivity contribution is 5.97. The monoisotopic (exact) mass is 290 g/mol. The van der Waals surface area contributed by atoms with Crippen LogP contribution in [0.3, 0.4) is 0 Å². The van der Waals surface area contributed by atoms with Crippen molar-refractivity contribution in [3.63, 3.8) is 0 Å². The molecular formula is C13H18N6O2. The zero-order valence-electron chi connectivity index (χ0n) is 12.4. The first kappa shape index (κ1) is 13.6. The SMILES string of the molecule is CC(C)c1noc(N2CCN(c3cnn(C)c3)C(=O)C2)n1. The van der Waals surface area contributed by atoms with Crippen LogP contribution in [0.5, 0.6) is 0 Å². The molecule has 2 aromatic heterocycles. The van der Waals surface area contributed by atoms with Crippen molar-refractivity contribution in [1.82, 2.24) is 19.9 Å². The Morgan fingerprint density at radius 2 is 2.14 bits per heavy atom. The van der Waals surface area contributed by atoms with E-state index in [4.69, 9.17) is 4.52 Å². The Bertz CT molecular complexity index is 647. The number of anilines is 2. The maximum absolute atomic E-state index is 12.3. The number of piperazine rings is 1. The van der Waals surface area contributed by atoms with Gasteiger partial charge in [-0.1, -0.05) is 19.0 Å². The number of carbonyl (C=O) groups is 1. The molecule has 0 N–H and O–H groups in total. The van der Waals surface area contributed by atoms with Crippen molar-refractivity contribution >= 4 is 17.6 Å². The molecule has 0 unspecified atom stereocenters. The van der Waals surface area contributed by atoms with Gasteiger partial charge in [0.15, 0.2) is 5.82 Å². The van der Waals surface area contributed by atoms with Crippen molar-refractivity contribution in [2.75, 3.05) is 29.4 Å². The van der Waals surface area contributed by atoms with Gasteiger partial charge in [0.25, 0.3) is 0 Å². The van der Waals surface area contributed by atoms with E-state index in [2.05, 4.69) is 15.2 Å². The van der Waals surface area contributed by atoms with E-state index >= 15 is 0 Å². The second-order valence-electron chi connectivity index (χ2n) is 5.43. The second-order valence-corrected chi connectivity index (χ2v) is 5.43. The van der Waals surface area contributed by atoms with Crippen LogP contribution in [0.4, 0.5) is 11.7 Å². The molecule has 0 aliphatic carbocycles. The van der Waals surface area contributed by atoms with Crippen molar-refractivity contribution in [2.24, 2.45) is 7.05 Å². The number of hydrogen-bond acceptors (Lipinski definition) is 6. The Kier molecular flexibility index (Phi) is 3.36. The molecule has 1 aliphatic rings. The molecule has 0 aromatic carbocycles. The molecular weight excluding hydrogens is 272 g/mol. The molecule has 0 saturated carbocycles. The highest BCUT2D eigenvalue weighted by Crippen LogP contribution is 2.21. The molecule has 0 radical (unpaired) electrons. The Morgan fingerprint density at radius 3 is 2.71 bits per heavy atom. The molecule has 3 rings (SSSR count). The maximum atomic E-state index is 12.3. The Hall–Kier alpha value is -2.38. The predicted octanol–water partition coefficient (Wildman–Crippen LogP) is 0.780. The quantitative estimate of drug-likeness (QED) is 0.831. The van der Waals surface area contributed by atoms with E-state index in [1.54, 1.807) is 15.8 Å². The first-order chi connectivity index (χ1) is 10.0. The molecule has 3 heterocycles. The van der Waals surface area contributed by atoms with Crippen LogP contribution < -0.4 is 9.80 Å². The zero-order chi connectivity index (χ0) is 15.0. The Balaban J connectivity index is 1.71. The number of rotatable bonds is 3. The fourth-order valence-electron chi connectivity index (χ4n) is 2.25. The van der Waals surface area contributed by atoms with Gasteiger partial charge >= 0.3 is 6.01 Å². The van der Waals surface area contributed by atoms with E-state index in [0.717, 1.165) is 5.69 Å². The summed E-state index contributed by atoms with van der Waals surface area (Å²) >= 11 is 0. The zero-order valence-corrected chi connectivity index (χ0v) is 12.4. The molecule has 8 nitrogen and oxygen atoms in total. The minimum atomic E-state index is -0.00135. The van der Waals surface area contributed by atoms with Gasteiger partial charge in [-0.25, -0.2) is 0 Å². The average molecular weight is 290 g/mol. The number of aromatic nitrogens is 4. The van der Waals surface area contributed by atoms with E-state index in [1.165, 1.54) is 0 Å². The number of amides is 1. The average Bonchev–Trinajstić information content (AvgIpc) is 3.07. The number of hydrogen-bond donors (Lipinski definition) is 0. The molecule has 8 heteroatoms. The van der Waals surface area contributed by atoms with Gasteiger partial charge < -0.3 is 14.3 Å². The van der Waals surface area contributed by atoms with Crippen molar-refractivity contribution in [3.8, 4) is 0 Å². The van der Waals surface area contributed by atoms with E-state index in [0.29, 0.717) is 24.9 Å². The third-order valence-corrected chi connectivity index (χ3v) is 3.44. The van der Waals surface area contributed by atoms with Crippen LogP contribution in [0.15, 0.2) is 16.9 Å². The molecule has 2 aromatic rings. The van der Waals surface area contributed by atoms with Crippen LogP contribution in [-0.4, -0.2) is 45.5 Å². The highest BCUT2D eigenvalue weighted by atomic mass is 16.5. The fourth-order valence-corrected chi connectivity index (χ4v) is 2.25. The molecule has 0 spiro atoms. The Labute approximate surface area is 122 Å². The topological polar surface area (TPSA) is 80.3 Å². The van der Waals surface area contributed by atoms with Crippen LogP contribution in [0.1, 0.15) is 25.6 Å². The van der Waals surface area contributed by atoms with Crippen LogP contribution in [0, 0.1) is 0 Å². The summed E-state index contributed by atoms with van der Waals surface area (Å²) in [4.78, 5) is 20.2. The lowest BCUT2D eigenvalue weighted by atomic mass is 10.2. The van der Waals surface area contributed by atoms with Gasteiger partial charge in [-0.05, 0) is 0 Å². The van der Waals surface area contributed by atoms with E-state index in [1.807, 2.05) is 32.0 Å². The third-order valence-electron chi connectivity index (χ3n) is 3.44. The third kappa shape index (κ3) is 2.61. The van der Waals surface area contributed by atoms with Crippen LogP contribution in [0.25, 0.3) is 0 Å². The van der Waals surface area contributed by atoms with E-state index in [9.17, 15) is 4.79 Å². The normalized spacial score (nSPS) is 16.1. The molecule has 0 bridgehead atoms. The van der Waals surface area contributed by atoms with Gasteiger partial charge in [-0.3, -0.25) is 9.48 Å². The summed E-state index contributed by atoms with van der Waals surface area (Å²) in [5.74, 6) is 0.862. The summed E-state index contributed by atoms with van der Waals surface area (Å²) in [5, 5.41) is 8.02. The molecule has 21 heavy (non-hydrogen) atoms. The number of aryl methyl sites for hydroxylation is 1. The van der Waals surface area contributed by atoms with Crippen LogP contribution >= 0.6 is 0 Å².